The average molecular weight is 265 g/mol. The van der Waals surface area contributed by atoms with E-state index in [0.717, 1.165) is 49.8 Å². The maximum absolute atomic E-state index is 10.3. The Kier molecular flexibility index (Phi) is 4.78. The van der Waals surface area contributed by atoms with Crippen LogP contribution in [0.1, 0.15) is 63.5 Å². The molecule has 2 rings (SSSR count). The number of aromatic hydroxyl groups is 2. The lowest BCUT2D eigenvalue weighted by molar-refractivity contribution is 0.314. The molecule has 0 aliphatic heterocycles. The predicted molar refractivity (Wildman–Crippen MR) is 77.7 cm³/mol. The fourth-order valence-electron chi connectivity index (χ4n) is 3.17. The molecule has 1 aliphatic carbocycles. The Hall–Kier alpha value is -1.12. The van der Waals surface area contributed by atoms with Gasteiger partial charge in [0.05, 0.1) is 0 Å². The van der Waals surface area contributed by atoms with E-state index in [0.29, 0.717) is 17.7 Å². The highest BCUT2D eigenvalue weighted by Crippen LogP contribution is 2.39. The third-order valence-corrected chi connectivity index (χ3v) is 4.50. The zero-order valence-corrected chi connectivity index (χ0v) is 12.3. The Bertz CT molecular complexity index is 393. The summed E-state index contributed by atoms with van der Waals surface area (Å²) in [7, 11) is 0. The van der Waals surface area contributed by atoms with Crippen LogP contribution in [0.3, 0.4) is 0 Å². The number of nitrogens with zero attached hydrogens (tertiary/aromatic N) is 1. The second kappa shape index (κ2) is 6.36. The van der Waals surface area contributed by atoms with Crippen molar-refractivity contribution in [3.8, 4) is 11.8 Å². The van der Waals surface area contributed by atoms with Crippen molar-refractivity contribution >= 4 is 0 Å². The van der Waals surface area contributed by atoms with Gasteiger partial charge in [-0.3, -0.25) is 4.57 Å². The molecule has 0 spiro atoms. The number of fused-ring (bicyclic) bond motifs is 1. The van der Waals surface area contributed by atoms with E-state index in [1.165, 1.54) is 19.3 Å². The van der Waals surface area contributed by atoms with Crippen molar-refractivity contribution in [2.75, 3.05) is 0 Å². The van der Waals surface area contributed by atoms with Crippen LogP contribution in [0, 0.1) is 5.92 Å². The van der Waals surface area contributed by atoms with Gasteiger partial charge < -0.3 is 10.2 Å². The van der Waals surface area contributed by atoms with Gasteiger partial charge in [-0.25, -0.2) is 0 Å². The molecule has 0 fully saturated rings. The molecule has 0 radical (unpaired) electrons. The van der Waals surface area contributed by atoms with Crippen LogP contribution >= 0.6 is 0 Å². The summed E-state index contributed by atoms with van der Waals surface area (Å²) in [5.74, 6) is 1.19. The first-order chi connectivity index (χ1) is 9.19. The van der Waals surface area contributed by atoms with Gasteiger partial charge >= 0.3 is 0 Å². The first kappa shape index (κ1) is 14.3. The Morgan fingerprint density at radius 2 is 1.63 bits per heavy atom. The van der Waals surface area contributed by atoms with Gasteiger partial charge in [-0.2, -0.15) is 0 Å². The number of hydrogen-bond acceptors (Lipinski definition) is 2. The summed E-state index contributed by atoms with van der Waals surface area (Å²) in [4.78, 5) is 0. The SMILES string of the molecule is CCCCC(CC)Cn1c(O)c2c(c1O)CCCC2. The summed E-state index contributed by atoms with van der Waals surface area (Å²) in [6, 6.07) is 0. The summed E-state index contributed by atoms with van der Waals surface area (Å²) in [5, 5.41) is 20.7. The molecule has 2 N–H and O–H groups in total. The summed E-state index contributed by atoms with van der Waals surface area (Å²) < 4.78 is 1.75. The molecular formula is C16H27NO2. The van der Waals surface area contributed by atoms with Crippen molar-refractivity contribution in [1.82, 2.24) is 4.57 Å². The molecule has 1 unspecified atom stereocenters. The highest BCUT2D eigenvalue weighted by Gasteiger charge is 2.25. The molecule has 0 bridgehead atoms. The molecule has 0 aromatic carbocycles. The van der Waals surface area contributed by atoms with Crippen LogP contribution in [0.5, 0.6) is 11.8 Å². The van der Waals surface area contributed by atoms with Gasteiger partial charge in [0.1, 0.15) is 0 Å². The smallest absolute Gasteiger partial charge is 0.197 e. The van der Waals surface area contributed by atoms with Crippen LogP contribution in [0.15, 0.2) is 0 Å². The maximum atomic E-state index is 10.3. The van der Waals surface area contributed by atoms with Crippen molar-refractivity contribution < 1.29 is 10.2 Å². The molecule has 1 aliphatic rings. The standard InChI is InChI=1S/C16H27NO2/c1-3-5-8-12(4-2)11-17-15(18)13-9-6-7-10-14(13)16(17)19/h12,18-19H,3-11H2,1-2H3. The zero-order chi connectivity index (χ0) is 13.8. The van der Waals surface area contributed by atoms with Gasteiger partial charge in [0.15, 0.2) is 11.8 Å². The minimum atomic E-state index is 0.321. The molecule has 1 heterocycles. The number of aromatic nitrogens is 1. The minimum absolute atomic E-state index is 0.321. The van der Waals surface area contributed by atoms with E-state index in [2.05, 4.69) is 13.8 Å². The van der Waals surface area contributed by atoms with E-state index in [4.69, 9.17) is 0 Å². The van der Waals surface area contributed by atoms with Crippen molar-refractivity contribution in [3.63, 3.8) is 0 Å². The predicted octanol–water partition coefficient (Wildman–Crippen LogP) is 3.99. The number of rotatable bonds is 6. The second-order valence-corrected chi connectivity index (χ2v) is 5.84. The molecule has 1 aromatic rings. The Labute approximate surface area is 116 Å². The molecule has 1 aromatic heterocycles. The van der Waals surface area contributed by atoms with Gasteiger partial charge in [0, 0.05) is 17.7 Å². The molecule has 108 valence electrons. The molecule has 19 heavy (non-hydrogen) atoms. The van der Waals surface area contributed by atoms with Crippen LogP contribution in [-0.2, 0) is 19.4 Å². The normalized spacial score (nSPS) is 16.3. The van der Waals surface area contributed by atoms with Gasteiger partial charge in [-0.1, -0.05) is 33.1 Å². The Morgan fingerprint density at radius 1 is 1.05 bits per heavy atom. The van der Waals surface area contributed by atoms with E-state index in [1.54, 1.807) is 4.57 Å². The summed E-state index contributed by atoms with van der Waals surface area (Å²) >= 11 is 0. The number of hydrogen-bond donors (Lipinski definition) is 2. The lowest BCUT2D eigenvalue weighted by atomic mass is 9.95. The third-order valence-electron chi connectivity index (χ3n) is 4.50. The minimum Gasteiger partial charge on any atom is -0.494 e. The van der Waals surface area contributed by atoms with E-state index in [-0.39, 0.29) is 0 Å². The highest BCUT2D eigenvalue weighted by molar-refractivity contribution is 5.46. The number of unbranched alkanes of at least 4 members (excludes halogenated alkanes) is 1. The summed E-state index contributed by atoms with van der Waals surface area (Å²) in [6.07, 6.45) is 8.77. The summed E-state index contributed by atoms with van der Waals surface area (Å²) in [5.41, 5.74) is 1.99. The molecule has 1 atom stereocenters. The molecule has 3 nitrogen and oxygen atoms in total. The Morgan fingerprint density at radius 3 is 2.11 bits per heavy atom. The van der Waals surface area contributed by atoms with Crippen LogP contribution < -0.4 is 0 Å². The van der Waals surface area contributed by atoms with Crippen molar-refractivity contribution in [1.29, 1.82) is 0 Å². The van der Waals surface area contributed by atoms with E-state index < -0.39 is 0 Å². The quantitative estimate of drug-likeness (QED) is 0.816. The Balaban J connectivity index is 2.17. The first-order valence-electron chi connectivity index (χ1n) is 7.81. The fourth-order valence-corrected chi connectivity index (χ4v) is 3.17. The average Bonchev–Trinajstić information content (AvgIpc) is 2.68. The maximum Gasteiger partial charge on any atom is 0.197 e. The second-order valence-electron chi connectivity index (χ2n) is 5.84. The molecule has 0 saturated heterocycles. The van der Waals surface area contributed by atoms with Crippen molar-refractivity contribution in [2.24, 2.45) is 5.92 Å². The highest BCUT2D eigenvalue weighted by atomic mass is 16.3. The van der Waals surface area contributed by atoms with Gasteiger partial charge in [0.2, 0.25) is 0 Å². The molecular weight excluding hydrogens is 238 g/mol. The van der Waals surface area contributed by atoms with Crippen molar-refractivity contribution in [3.05, 3.63) is 11.1 Å². The molecule has 0 saturated carbocycles. The molecule has 3 heteroatoms. The van der Waals surface area contributed by atoms with E-state index in [1.807, 2.05) is 0 Å². The topological polar surface area (TPSA) is 45.4 Å². The van der Waals surface area contributed by atoms with Gasteiger partial charge in [-0.05, 0) is 38.0 Å². The van der Waals surface area contributed by atoms with Crippen LogP contribution in [0.25, 0.3) is 0 Å². The largest absolute Gasteiger partial charge is 0.494 e. The van der Waals surface area contributed by atoms with Gasteiger partial charge in [-0.15, -0.1) is 0 Å². The van der Waals surface area contributed by atoms with Crippen LogP contribution in [0.2, 0.25) is 0 Å². The monoisotopic (exact) mass is 265 g/mol. The lowest BCUT2D eigenvalue weighted by Gasteiger charge is -2.16. The fraction of sp³-hybridized carbons (Fsp3) is 0.750. The van der Waals surface area contributed by atoms with Crippen LogP contribution in [0.4, 0.5) is 0 Å². The third kappa shape index (κ3) is 2.90. The zero-order valence-electron chi connectivity index (χ0n) is 12.3. The summed E-state index contributed by atoms with van der Waals surface area (Å²) in [6.45, 7) is 5.15. The van der Waals surface area contributed by atoms with Crippen LogP contribution in [-0.4, -0.2) is 14.8 Å². The van der Waals surface area contributed by atoms with Gasteiger partial charge in [0.25, 0.3) is 0 Å². The van der Waals surface area contributed by atoms with Crippen molar-refractivity contribution in [2.45, 2.75) is 71.8 Å². The van der Waals surface area contributed by atoms with E-state index in [9.17, 15) is 10.2 Å². The lowest BCUT2D eigenvalue weighted by Crippen LogP contribution is -2.09. The van der Waals surface area contributed by atoms with E-state index >= 15 is 0 Å². The first-order valence-corrected chi connectivity index (χ1v) is 7.81. The molecule has 0 amide bonds.